The summed E-state index contributed by atoms with van der Waals surface area (Å²) >= 11 is 0. The first kappa shape index (κ1) is 73.7. The van der Waals surface area contributed by atoms with Gasteiger partial charge in [0.15, 0.2) is 49.8 Å². The first-order valence-corrected chi connectivity index (χ1v) is 32.9. The average Bonchev–Trinajstić information content (AvgIpc) is 0.938. The quantitative estimate of drug-likeness (QED) is 0.0353. The van der Waals surface area contributed by atoms with E-state index in [-0.39, 0.29) is 25.4 Å². The third kappa shape index (κ3) is 21.1. The molecule has 6 rings (SSSR count). The Morgan fingerprint density at radius 2 is 0.954 bits per heavy atom. The summed E-state index contributed by atoms with van der Waals surface area (Å²) in [4.78, 5) is 41.2. The molecule has 6 aliphatic rings. The Kier molecular flexibility index (Phi) is 31.7. The molecule has 87 heavy (non-hydrogen) atoms. The lowest BCUT2D eigenvalue weighted by Gasteiger charge is -2.51. The van der Waals surface area contributed by atoms with Crippen LogP contribution in [0.25, 0.3) is 0 Å². The molecule has 2 bridgehead atoms. The van der Waals surface area contributed by atoms with E-state index < -0.39 is 178 Å². The first-order chi connectivity index (χ1) is 41.7. The van der Waals surface area contributed by atoms with Crippen LogP contribution in [0.3, 0.4) is 0 Å². The minimum Gasteiger partial charge on any atom is -0.457 e. The maximum Gasteiger partial charge on any atom is 0.306 e. The van der Waals surface area contributed by atoms with Crippen molar-refractivity contribution in [2.75, 3.05) is 6.61 Å². The van der Waals surface area contributed by atoms with E-state index in [1.54, 1.807) is 6.92 Å². The van der Waals surface area contributed by atoms with Gasteiger partial charge < -0.3 is 108 Å². The number of carbonyl (C=O) groups is 3. The lowest BCUT2D eigenvalue weighted by atomic mass is 9.95. The molecule has 9 N–H and O–H groups in total. The summed E-state index contributed by atoms with van der Waals surface area (Å²) in [5, 5.41) is 102. The molecule has 0 aromatic heterocycles. The van der Waals surface area contributed by atoms with Crippen molar-refractivity contribution in [3.8, 4) is 0 Å². The molecule has 0 aliphatic carbocycles. The van der Waals surface area contributed by atoms with Crippen molar-refractivity contribution in [3.05, 3.63) is 0 Å². The van der Waals surface area contributed by atoms with Gasteiger partial charge in [-0.25, -0.2) is 0 Å². The minimum atomic E-state index is -2.01. The Morgan fingerprint density at radius 3 is 1.60 bits per heavy atom. The zero-order valence-electron chi connectivity index (χ0n) is 52.5. The fraction of sp³-hybridized carbons (Fsp3) is 0.952. The van der Waals surface area contributed by atoms with E-state index in [9.17, 15) is 60.3 Å². The molecule has 0 radical (unpaired) electrons. The number of ether oxygens (including phenoxy) is 13. The molecule has 0 spiro atoms. The molecule has 6 saturated heterocycles. The second-order valence-electron chi connectivity index (χ2n) is 24.9. The standard InChI is InChI=1S/C62H108O25/c1-8-11-14-19-25-30-40(64)81-51-35(5)76-58(49(73)47(51)71)84-53-37(7)78-62(57(83-42(66)32-26-20-15-12-9-2)56(53)87-59-48(72)45(69)44(68)39(33-63)80-59)85-52-36(6)77-60-50(74)54(52)82-41(65)31-27-22-18-16-17-21-24-29-38(28-23-13-10-3)79-61-55(86-60)46(70)43(67)34(4)75-61/h34-39,43-63,67-74H,8-33H2,1-7H3/t34-,35+,36+,37+,38+,39-,43+,44-,45+,46+,47+,48-,49-,50-,51+,52+,53+,54+,55-,56-,57-,58+,59+,60+,61+,62+/m1/s1. The van der Waals surface area contributed by atoms with Gasteiger partial charge in [-0.3, -0.25) is 14.4 Å². The van der Waals surface area contributed by atoms with Crippen molar-refractivity contribution in [1.29, 1.82) is 0 Å². The van der Waals surface area contributed by atoms with E-state index in [4.69, 9.17) is 61.6 Å². The Morgan fingerprint density at radius 1 is 0.437 bits per heavy atom. The highest BCUT2D eigenvalue weighted by molar-refractivity contribution is 5.70. The van der Waals surface area contributed by atoms with Crippen LogP contribution in [-0.4, -0.2) is 230 Å². The molecule has 6 aliphatic heterocycles. The first-order valence-electron chi connectivity index (χ1n) is 32.9. The summed E-state index contributed by atoms with van der Waals surface area (Å²) < 4.78 is 82.1. The van der Waals surface area contributed by atoms with Gasteiger partial charge in [-0.05, 0) is 59.8 Å². The summed E-state index contributed by atoms with van der Waals surface area (Å²) in [7, 11) is 0. The van der Waals surface area contributed by atoms with Gasteiger partial charge in [0.05, 0.1) is 37.1 Å². The van der Waals surface area contributed by atoms with Gasteiger partial charge in [0.25, 0.3) is 0 Å². The predicted octanol–water partition coefficient (Wildman–Crippen LogP) is 4.06. The Hall–Kier alpha value is -2.35. The molecule has 26 atom stereocenters. The fourth-order valence-electron chi connectivity index (χ4n) is 12.3. The van der Waals surface area contributed by atoms with Crippen molar-refractivity contribution in [3.63, 3.8) is 0 Å². The van der Waals surface area contributed by atoms with E-state index in [2.05, 4.69) is 13.8 Å². The molecule has 0 aromatic rings. The van der Waals surface area contributed by atoms with Crippen molar-refractivity contribution in [2.24, 2.45) is 0 Å². The minimum absolute atomic E-state index is 0.0422. The molecule has 0 aromatic carbocycles. The average molecular weight is 1250 g/mol. The normalized spacial score (nSPS) is 41.3. The van der Waals surface area contributed by atoms with Gasteiger partial charge in [-0.1, -0.05) is 130 Å². The maximum absolute atomic E-state index is 14.2. The Bertz CT molecular complexity index is 1970. The van der Waals surface area contributed by atoms with Gasteiger partial charge in [-0.2, -0.15) is 0 Å². The molecule has 0 saturated carbocycles. The largest absolute Gasteiger partial charge is 0.457 e. The number of aliphatic hydroxyl groups excluding tert-OH is 9. The third-order valence-electron chi connectivity index (χ3n) is 17.7. The molecule has 506 valence electrons. The lowest BCUT2D eigenvalue weighted by molar-refractivity contribution is -0.400. The summed E-state index contributed by atoms with van der Waals surface area (Å²) in [6.45, 7) is 11.5. The van der Waals surface area contributed by atoms with Crippen molar-refractivity contribution < 1.29 is 122 Å². The highest BCUT2D eigenvalue weighted by Gasteiger charge is 2.59. The van der Waals surface area contributed by atoms with Crippen LogP contribution in [0.2, 0.25) is 0 Å². The molecule has 0 amide bonds. The van der Waals surface area contributed by atoms with Crippen molar-refractivity contribution in [2.45, 2.75) is 369 Å². The number of hydrogen-bond acceptors (Lipinski definition) is 25. The number of aliphatic hydroxyl groups is 9. The third-order valence-corrected chi connectivity index (χ3v) is 17.7. The molecule has 6 fully saturated rings. The van der Waals surface area contributed by atoms with E-state index >= 15 is 0 Å². The number of esters is 3. The van der Waals surface area contributed by atoms with E-state index in [1.165, 1.54) is 20.8 Å². The summed E-state index contributed by atoms with van der Waals surface area (Å²) in [5.41, 5.74) is 0. The molecular formula is C62H108O25. The van der Waals surface area contributed by atoms with Crippen LogP contribution >= 0.6 is 0 Å². The molecule has 0 unspecified atom stereocenters. The highest BCUT2D eigenvalue weighted by atomic mass is 16.8. The van der Waals surface area contributed by atoms with Crippen molar-refractivity contribution >= 4 is 17.9 Å². The number of unbranched alkanes of at least 4 members (excludes halogenated alkanes) is 10. The zero-order chi connectivity index (χ0) is 63.3. The topological polar surface area (TPSA) is 353 Å². The van der Waals surface area contributed by atoms with Crippen LogP contribution in [0.5, 0.6) is 0 Å². The highest BCUT2D eigenvalue weighted by Crippen LogP contribution is 2.39. The number of hydrogen-bond donors (Lipinski definition) is 9. The second kappa shape index (κ2) is 37.4. The van der Waals surface area contributed by atoms with Gasteiger partial charge in [0.2, 0.25) is 0 Å². The summed E-state index contributed by atoms with van der Waals surface area (Å²) in [5.74, 6) is -2.09. The van der Waals surface area contributed by atoms with E-state index in [0.717, 1.165) is 103 Å². The van der Waals surface area contributed by atoms with Crippen LogP contribution in [0, 0.1) is 0 Å². The van der Waals surface area contributed by atoms with Crippen molar-refractivity contribution in [1.82, 2.24) is 0 Å². The second-order valence-corrected chi connectivity index (χ2v) is 24.9. The lowest BCUT2D eigenvalue weighted by Crippen LogP contribution is -2.68. The monoisotopic (exact) mass is 1250 g/mol. The number of carbonyl (C=O) groups excluding carboxylic acids is 3. The SMILES string of the molecule is CCCCCCCC(=O)O[C@@H]1[C@@H](O)[C@@H](O)[C@H](O[C@@H]2[C@@H](O[C@@H]3O[C@H](CO)[C@@H](O)[C@H](O)[C@H]3O)[C@@H](OC(=O)CCCCCCC)[C@H](O[C@@H]3[C@H]4OC(=O)CCCCCCCCC[C@H](CCCCC)O[C@@H]5O[C@H](C)[C@H](O)[C@H](O)[C@H]5O[C@H](O[C@H]3C)[C@@H]4O)O[C@H]2C)O[C@H]1C. The van der Waals surface area contributed by atoms with Gasteiger partial charge in [-0.15, -0.1) is 0 Å². The predicted molar refractivity (Wildman–Crippen MR) is 308 cm³/mol. The number of rotatable bonds is 25. The molecule has 25 heteroatoms. The summed E-state index contributed by atoms with van der Waals surface area (Å²) in [6, 6.07) is 0. The molecule has 6 heterocycles. The summed E-state index contributed by atoms with van der Waals surface area (Å²) in [6.07, 6.45) is -21.8. The molecule has 25 nitrogen and oxygen atoms in total. The van der Waals surface area contributed by atoms with Crippen LogP contribution in [-0.2, 0) is 76.0 Å². The van der Waals surface area contributed by atoms with Gasteiger partial charge >= 0.3 is 17.9 Å². The zero-order valence-corrected chi connectivity index (χ0v) is 52.5. The van der Waals surface area contributed by atoms with Gasteiger partial charge in [0, 0.05) is 19.3 Å². The van der Waals surface area contributed by atoms with Gasteiger partial charge in [0.1, 0.15) is 79.4 Å². The van der Waals surface area contributed by atoms with Crippen LogP contribution in [0.1, 0.15) is 209 Å². The maximum atomic E-state index is 14.2. The van der Waals surface area contributed by atoms with Crippen LogP contribution in [0.4, 0.5) is 0 Å². The fourth-order valence-corrected chi connectivity index (χ4v) is 12.3. The Labute approximate surface area is 513 Å². The van der Waals surface area contributed by atoms with Crippen LogP contribution in [0.15, 0.2) is 0 Å². The molecular weight excluding hydrogens is 1140 g/mol. The van der Waals surface area contributed by atoms with E-state index in [1.807, 2.05) is 6.92 Å². The number of fused-ring (bicyclic) bond motifs is 3. The Balaban J connectivity index is 1.35. The van der Waals surface area contributed by atoms with Crippen LogP contribution < -0.4 is 0 Å². The van der Waals surface area contributed by atoms with E-state index in [0.29, 0.717) is 38.5 Å². The smallest absolute Gasteiger partial charge is 0.306 e.